The van der Waals surface area contributed by atoms with Crippen LogP contribution in [0.2, 0.25) is 0 Å². The molecule has 37 heavy (non-hydrogen) atoms. The summed E-state index contributed by atoms with van der Waals surface area (Å²) in [7, 11) is 2.15. The van der Waals surface area contributed by atoms with Gasteiger partial charge in [-0.2, -0.15) is 4.98 Å². The van der Waals surface area contributed by atoms with Crippen LogP contribution in [0.1, 0.15) is 28.8 Å². The first-order valence-electron chi connectivity index (χ1n) is 12.5. The van der Waals surface area contributed by atoms with Gasteiger partial charge in [0.05, 0.1) is 18.5 Å². The summed E-state index contributed by atoms with van der Waals surface area (Å²) in [5, 5.41) is 9.30. The van der Waals surface area contributed by atoms with E-state index in [1.54, 1.807) is 12.3 Å². The number of fused-ring (bicyclic) bond motifs is 1. The molecule has 4 heterocycles. The molecule has 2 aliphatic heterocycles. The van der Waals surface area contributed by atoms with E-state index in [0.717, 1.165) is 43.1 Å². The number of amides is 1. The van der Waals surface area contributed by atoms with Crippen LogP contribution in [0.3, 0.4) is 0 Å². The SMILES string of the molecule is C=CCNC(=O)c1cnc(Nc2ccc(N3CCN(C)CC3)cc2)nc1Nc1cnc2c(c1)C(C)CO2. The smallest absolute Gasteiger partial charge is 0.256 e. The van der Waals surface area contributed by atoms with Gasteiger partial charge in [0.1, 0.15) is 11.4 Å². The molecule has 0 aliphatic carbocycles. The fraction of sp³-hybridized carbons (Fsp3) is 0.333. The Labute approximate surface area is 216 Å². The minimum absolute atomic E-state index is 0.246. The molecular formula is C27H32N8O2. The Kier molecular flexibility index (Phi) is 7.18. The monoisotopic (exact) mass is 500 g/mol. The lowest BCUT2D eigenvalue weighted by molar-refractivity contribution is 0.0958. The number of hydrogen-bond donors (Lipinski definition) is 3. The van der Waals surface area contributed by atoms with Crippen LogP contribution in [0.15, 0.2) is 55.4 Å². The van der Waals surface area contributed by atoms with Gasteiger partial charge < -0.3 is 30.5 Å². The average molecular weight is 501 g/mol. The van der Waals surface area contributed by atoms with Crippen molar-refractivity contribution in [1.29, 1.82) is 0 Å². The highest BCUT2D eigenvalue weighted by molar-refractivity contribution is 5.99. The number of anilines is 5. The first-order chi connectivity index (χ1) is 18.0. The lowest BCUT2D eigenvalue weighted by Gasteiger charge is -2.34. The van der Waals surface area contributed by atoms with Crippen molar-refractivity contribution in [3.63, 3.8) is 0 Å². The molecule has 1 aromatic carbocycles. The largest absolute Gasteiger partial charge is 0.477 e. The van der Waals surface area contributed by atoms with E-state index in [1.165, 1.54) is 11.9 Å². The minimum Gasteiger partial charge on any atom is -0.477 e. The van der Waals surface area contributed by atoms with Crippen molar-refractivity contribution < 1.29 is 9.53 Å². The molecule has 0 radical (unpaired) electrons. The van der Waals surface area contributed by atoms with Crippen LogP contribution in [-0.2, 0) is 0 Å². The number of aromatic nitrogens is 3. The summed E-state index contributed by atoms with van der Waals surface area (Å²) in [6.45, 7) is 10.8. The second-order valence-corrected chi connectivity index (χ2v) is 9.37. The molecule has 5 rings (SSSR count). The molecule has 3 N–H and O–H groups in total. The summed E-state index contributed by atoms with van der Waals surface area (Å²) < 4.78 is 5.61. The van der Waals surface area contributed by atoms with Gasteiger partial charge in [-0.25, -0.2) is 9.97 Å². The van der Waals surface area contributed by atoms with Crippen LogP contribution in [-0.4, -0.2) is 72.1 Å². The van der Waals surface area contributed by atoms with Crippen LogP contribution in [0, 0.1) is 0 Å². The number of benzene rings is 1. The van der Waals surface area contributed by atoms with Crippen LogP contribution in [0.4, 0.5) is 28.8 Å². The zero-order valence-corrected chi connectivity index (χ0v) is 21.2. The summed E-state index contributed by atoms with van der Waals surface area (Å²) in [6, 6.07) is 10.2. The first kappa shape index (κ1) is 24.5. The zero-order valence-electron chi connectivity index (χ0n) is 21.2. The normalized spacial score (nSPS) is 17.0. The molecule has 0 saturated carbocycles. The Morgan fingerprint density at radius 1 is 1.11 bits per heavy atom. The molecule has 1 saturated heterocycles. The predicted molar refractivity (Wildman–Crippen MR) is 145 cm³/mol. The highest BCUT2D eigenvalue weighted by Gasteiger charge is 2.23. The lowest BCUT2D eigenvalue weighted by Crippen LogP contribution is -2.44. The molecule has 10 nitrogen and oxygen atoms in total. The van der Waals surface area contributed by atoms with Gasteiger partial charge in [0.15, 0.2) is 0 Å². The van der Waals surface area contributed by atoms with Gasteiger partial charge in [-0.05, 0) is 37.4 Å². The number of carbonyl (C=O) groups excluding carboxylic acids is 1. The average Bonchev–Trinajstić information content (AvgIpc) is 3.28. The third-order valence-electron chi connectivity index (χ3n) is 6.57. The van der Waals surface area contributed by atoms with Gasteiger partial charge >= 0.3 is 0 Å². The lowest BCUT2D eigenvalue weighted by atomic mass is 10.1. The molecule has 0 spiro atoms. The van der Waals surface area contributed by atoms with Crippen LogP contribution in [0.25, 0.3) is 0 Å². The molecule has 10 heteroatoms. The van der Waals surface area contributed by atoms with E-state index in [1.807, 2.05) is 18.2 Å². The number of ether oxygens (including phenoxy) is 1. The second kappa shape index (κ2) is 10.8. The molecule has 1 atom stereocenters. The third-order valence-corrected chi connectivity index (χ3v) is 6.57. The Morgan fingerprint density at radius 2 is 1.89 bits per heavy atom. The van der Waals surface area contributed by atoms with Crippen molar-refractivity contribution >= 4 is 34.7 Å². The number of pyridine rings is 1. The van der Waals surface area contributed by atoms with Crippen molar-refractivity contribution in [3.8, 4) is 5.88 Å². The number of nitrogens with one attached hydrogen (secondary N) is 3. The fourth-order valence-electron chi connectivity index (χ4n) is 4.35. The number of piperazine rings is 1. The predicted octanol–water partition coefficient (Wildman–Crippen LogP) is 3.52. The Morgan fingerprint density at radius 3 is 2.65 bits per heavy atom. The Hall–Kier alpha value is -4.18. The quantitative estimate of drug-likeness (QED) is 0.401. The summed E-state index contributed by atoms with van der Waals surface area (Å²) in [5.41, 5.74) is 4.12. The standard InChI is InChI=1S/C27H32N8O2/c1-4-9-28-25(36)23-16-30-27(32-19-5-7-21(8-6-19)35-12-10-34(3)11-13-35)33-24(23)31-20-14-22-18(2)17-37-26(22)29-15-20/h4-8,14-16,18H,1,9-13,17H2,2-3H3,(H,28,36)(H2,30,31,32,33). The number of likely N-dealkylation sites (N-methyl/N-ethyl adjacent to an activating group) is 1. The third kappa shape index (κ3) is 5.64. The van der Waals surface area contributed by atoms with Crippen LogP contribution < -0.4 is 25.6 Å². The molecule has 1 amide bonds. The van der Waals surface area contributed by atoms with Crippen LogP contribution in [0.5, 0.6) is 5.88 Å². The molecule has 2 aliphatic rings. The van der Waals surface area contributed by atoms with Crippen molar-refractivity contribution in [2.45, 2.75) is 12.8 Å². The topological polar surface area (TPSA) is 108 Å². The molecule has 1 fully saturated rings. The second-order valence-electron chi connectivity index (χ2n) is 9.37. The summed E-state index contributed by atoms with van der Waals surface area (Å²) in [5.74, 6) is 1.35. The highest BCUT2D eigenvalue weighted by atomic mass is 16.5. The molecule has 192 valence electrons. The molecule has 0 bridgehead atoms. The maximum absolute atomic E-state index is 12.8. The van der Waals surface area contributed by atoms with Crippen molar-refractivity contribution in [3.05, 3.63) is 66.5 Å². The van der Waals surface area contributed by atoms with Crippen molar-refractivity contribution in [2.75, 3.05) is 61.9 Å². The molecule has 2 aromatic heterocycles. The van der Waals surface area contributed by atoms with Crippen LogP contribution >= 0.6 is 0 Å². The molecular weight excluding hydrogens is 468 g/mol. The van der Waals surface area contributed by atoms with Crippen molar-refractivity contribution in [1.82, 2.24) is 25.2 Å². The molecule has 3 aromatic rings. The first-order valence-corrected chi connectivity index (χ1v) is 12.5. The van der Waals surface area contributed by atoms with E-state index in [2.05, 4.69) is 73.4 Å². The summed E-state index contributed by atoms with van der Waals surface area (Å²) >= 11 is 0. The highest BCUT2D eigenvalue weighted by Crippen LogP contribution is 2.34. The fourth-order valence-corrected chi connectivity index (χ4v) is 4.35. The van der Waals surface area contributed by atoms with E-state index in [9.17, 15) is 4.79 Å². The minimum atomic E-state index is -0.295. The maximum Gasteiger partial charge on any atom is 0.256 e. The van der Waals surface area contributed by atoms with Gasteiger partial charge in [-0.3, -0.25) is 4.79 Å². The van der Waals surface area contributed by atoms with E-state index >= 15 is 0 Å². The van der Waals surface area contributed by atoms with E-state index in [4.69, 9.17) is 4.74 Å². The summed E-state index contributed by atoms with van der Waals surface area (Å²) in [4.78, 5) is 30.9. The number of rotatable bonds is 8. The van der Waals surface area contributed by atoms with Crippen molar-refractivity contribution in [2.24, 2.45) is 0 Å². The number of hydrogen-bond acceptors (Lipinski definition) is 9. The zero-order chi connectivity index (χ0) is 25.8. The van der Waals surface area contributed by atoms with Gasteiger partial charge in [0.2, 0.25) is 11.8 Å². The van der Waals surface area contributed by atoms with E-state index in [0.29, 0.717) is 36.4 Å². The number of nitrogens with zero attached hydrogens (tertiary/aromatic N) is 5. The Balaban J connectivity index is 1.36. The van der Waals surface area contributed by atoms with Gasteiger partial charge in [0.25, 0.3) is 5.91 Å². The van der Waals surface area contributed by atoms with E-state index in [-0.39, 0.29) is 11.8 Å². The molecule has 1 unspecified atom stereocenters. The summed E-state index contributed by atoms with van der Waals surface area (Å²) in [6.07, 6.45) is 4.81. The maximum atomic E-state index is 12.8. The number of carbonyl (C=O) groups is 1. The van der Waals surface area contributed by atoms with Gasteiger partial charge in [0, 0.05) is 61.8 Å². The Bertz CT molecular complexity index is 1270. The van der Waals surface area contributed by atoms with Gasteiger partial charge in [-0.1, -0.05) is 13.0 Å². The van der Waals surface area contributed by atoms with E-state index < -0.39 is 0 Å². The van der Waals surface area contributed by atoms with Gasteiger partial charge in [-0.15, -0.1) is 6.58 Å².